The van der Waals surface area contributed by atoms with Crippen LogP contribution < -0.4 is 0 Å². The molecule has 0 saturated heterocycles. The van der Waals surface area contributed by atoms with Gasteiger partial charge >= 0.3 is 0 Å². The highest BCUT2D eigenvalue weighted by Gasteiger charge is 2.24. The number of rotatable bonds is 12. The molecule has 0 aliphatic rings. The summed E-state index contributed by atoms with van der Waals surface area (Å²) in [6.45, 7) is 16.4. The van der Waals surface area contributed by atoms with Crippen LogP contribution in [0.25, 0.3) is 178 Å². The van der Waals surface area contributed by atoms with Crippen molar-refractivity contribution in [2.45, 2.75) is 0 Å². The summed E-state index contributed by atoms with van der Waals surface area (Å²) < 4.78 is 4.46. The summed E-state index contributed by atoms with van der Waals surface area (Å²) in [5.74, 6) is 2.91. The first kappa shape index (κ1) is 62.0. The van der Waals surface area contributed by atoms with Crippen molar-refractivity contribution >= 4 is 55.0 Å². The summed E-state index contributed by atoms with van der Waals surface area (Å²) in [5.41, 5.74) is 16.9. The molecule has 0 aliphatic carbocycles. The summed E-state index contributed by atoms with van der Waals surface area (Å²) in [4.78, 5) is 39.0. The minimum absolute atomic E-state index is 0.213. The molecular weight excluding hydrogens is 1280 g/mol. The van der Waals surface area contributed by atoms with Crippen molar-refractivity contribution in [1.82, 2.24) is 39.0 Å². The van der Waals surface area contributed by atoms with E-state index < -0.39 is 0 Å². The number of fused-ring (bicyclic) bond motifs is 6. The molecule has 4 aromatic heterocycles. The lowest BCUT2D eigenvalue weighted by molar-refractivity contribution is 1.07. The Morgan fingerprint density at radius 2 is 0.558 bits per heavy atom. The van der Waals surface area contributed by atoms with Gasteiger partial charge in [0, 0.05) is 88.6 Å². The number of nitrogens with zero attached hydrogens (tertiary/aromatic N) is 14. The summed E-state index contributed by atoms with van der Waals surface area (Å²) in [7, 11) is 0. The van der Waals surface area contributed by atoms with Crippen molar-refractivity contribution in [2.24, 2.45) is 0 Å². The minimum Gasteiger partial charge on any atom is -0.309 e. The molecule has 14 nitrogen and oxygen atoms in total. The van der Waals surface area contributed by atoms with E-state index in [0.29, 0.717) is 68.3 Å². The number of aromatic nitrogens is 8. The summed E-state index contributed by atoms with van der Waals surface area (Å²) >= 11 is 0. The average Bonchev–Trinajstić information content (AvgIpc) is 1.67. The van der Waals surface area contributed by atoms with Crippen LogP contribution in [0.15, 0.2) is 291 Å². The monoisotopic (exact) mass is 1320 g/mol. The van der Waals surface area contributed by atoms with Gasteiger partial charge in [0.1, 0.15) is 0 Å². The zero-order chi connectivity index (χ0) is 70.4. The Morgan fingerprint density at radius 1 is 0.250 bits per heavy atom. The van der Waals surface area contributed by atoms with E-state index in [2.05, 4.69) is 128 Å². The molecule has 478 valence electrons. The van der Waals surface area contributed by atoms with E-state index in [0.717, 1.165) is 99.5 Å². The zero-order valence-corrected chi connectivity index (χ0v) is 55.0. The SMILES string of the molecule is [C-]#[N+]c1cc(C#N)cc(C#N)c1-c1ccc2c(c1)c1ccccc1n2-c1cc(-c2cccc(-c3cc(-c4nc(-c5ccccc5)nc(-c5ccccc5)n4)cc(-n4c5ccccc5c5cc(-c6c(C#N)cc(C#N)cc6[N+]#[C-])ccc54)c3)c2)cc(-c2nc(-c3ccccc3)nc(-c3ccccc3)n2)c1. The molecule has 104 heavy (non-hydrogen) atoms. The van der Waals surface area contributed by atoms with E-state index in [4.69, 9.17) is 43.0 Å². The normalized spacial score (nSPS) is 11.0. The average molecular weight is 1330 g/mol. The van der Waals surface area contributed by atoms with Gasteiger partial charge in [-0.05, 0) is 137 Å². The molecule has 13 aromatic carbocycles. The predicted octanol–water partition coefficient (Wildman–Crippen LogP) is 21.5. The molecule has 0 radical (unpaired) electrons. The van der Waals surface area contributed by atoms with Crippen LogP contribution in [0.2, 0.25) is 0 Å². The van der Waals surface area contributed by atoms with Crippen molar-refractivity contribution < 1.29 is 0 Å². The minimum atomic E-state index is 0.213. The van der Waals surface area contributed by atoms with Gasteiger partial charge in [-0.3, -0.25) is 0 Å². The largest absolute Gasteiger partial charge is 0.309 e. The van der Waals surface area contributed by atoms with E-state index in [1.54, 1.807) is 0 Å². The van der Waals surface area contributed by atoms with Crippen molar-refractivity contribution in [3.05, 3.63) is 336 Å². The summed E-state index contributed by atoms with van der Waals surface area (Å²) in [6.07, 6.45) is 0. The van der Waals surface area contributed by atoms with Crippen LogP contribution in [0.1, 0.15) is 22.3 Å². The van der Waals surface area contributed by atoms with E-state index >= 15 is 0 Å². The number of para-hydroxylation sites is 2. The lowest BCUT2D eigenvalue weighted by atomic mass is 9.95. The molecule has 0 N–H and O–H groups in total. The molecule has 0 fully saturated rings. The maximum Gasteiger partial charge on any atom is 0.197 e. The molecule has 4 heterocycles. The van der Waals surface area contributed by atoms with Crippen LogP contribution in [0, 0.1) is 58.5 Å². The summed E-state index contributed by atoms with van der Waals surface area (Å²) in [6, 6.07) is 104. The van der Waals surface area contributed by atoms with Crippen LogP contribution >= 0.6 is 0 Å². The maximum atomic E-state index is 10.5. The van der Waals surface area contributed by atoms with Gasteiger partial charge in [-0.2, -0.15) is 21.0 Å². The Morgan fingerprint density at radius 3 is 0.904 bits per heavy atom. The number of nitriles is 4. The Labute approximate surface area is 596 Å². The van der Waals surface area contributed by atoms with Crippen molar-refractivity contribution in [1.29, 1.82) is 21.0 Å². The molecule has 0 unspecified atom stereocenters. The molecule has 0 atom stereocenters. The van der Waals surface area contributed by atoms with Gasteiger partial charge in [-0.1, -0.05) is 188 Å². The number of benzene rings is 13. The fourth-order valence-corrected chi connectivity index (χ4v) is 14.0. The van der Waals surface area contributed by atoms with Crippen molar-refractivity contribution in [2.75, 3.05) is 0 Å². The lowest BCUT2D eigenvalue weighted by Crippen LogP contribution is -2.02. The predicted molar refractivity (Wildman–Crippen MR) is 408 cm³/mol. The van der Waals surface area contributed by atoms with Crippen LogP contribution in [0.4, 0.5) is 11.4 Å². The van der Waals surface area contributed by atoms with E-state index in [9.17, 15) is 21.0 Å². The smallest absolute Gasteiger partial charge is 0.197 e. The molecule has 0 aliphatic heterocycles. The number of hydrogen-bond acceptors (Lipinski definition) is 10. The Bertz CT molecular complexity index is 6090. The Hall–Kier alpha value is -15.6. The Balaban J connectivity index is 0.899. The van der Waals surface area contributed by atoms with Gasteiger partial charge in [0.2, 0.25) is 0 Å². The quantitative estimate of drug-likeness (QED) is 0.106. The molecule has 0 spiro atoms. The second-order valence-electron chi connectivity index (χ2n) is 24.9. The molecular formula is C90H48N14. The van der Waals surface area contributed by atoms with Gasteiger partial charge in [0.05, 0.1) is 70.6 Å². The highest BCUT2D eigenvalue weighted by atomic mass is 15.1. The second-order valence-corrected chi connectivity index (χ2v) is 24.9. The van der Waals surface area contributed by atoms with Crippen LogP contribution in [0.5, 0.6) is 0 Å². The molecule has 14 heteroatoms. The Kier molecular flexibility index (Phi) is 15.5. The van der Waals surface area contributed by atoms with Gasteiger partial charge < -0.3 is 9.13 Å². The third-order valence-corrected chi connectivity index (χ3v) is 18.7. The molecule has 17 rings (SSSR count). The highest BCUT2D eigenvalue weighted by Crippen LogP contribution is 2.45. The molecule has 17 aromatic rings. The van der Waals surface area contributed by atoms with Gasteiger partial charge in [0.25, 0.3) is 0 Å². The topological polar surface area (TPSA) is 191 Å². The van der Waals surface area contributed by atoms with Gasteiger partial charge in [0.15, 0.2) is 46.3 Å². The van der Waals surface area contributed by atoms with E-state index in [-0.39, 0.29) is 33.6 Å². The standard InChI is InChI=1S/C90H48N14/c1-95-77-40-55(51-91)38-69(53-93)83(77)63-34-36-81-75(49-63)73-30-15-17-32-79(73)103(81)71-45-65(43-67(47-71)89-99-85(57-20-7-3-8-21-57)97-86(100-89)58-22-9-4-10-23-58)61-28-19-29-62(42-61)66-44-68(90-101-87(59-24-11-5-12-25-59)98-88(102-90)60-26-13-6-14-27-60)48-72(46-66)104-80-33-18-16-31-74(80)76-50-64(35-37-82(76)104)84-70(54-94)39-56(52-92)41-78(84)96-2/h3-50H. The fraction of sp³-hybridized carbons (Fsp3) is 0. The van der Waals surface area contributed by atoms with Crippen molar-refractivity contribution in [3.8, 4) is 148 Å². The van der Waals surface area contributed by atoms with Crippen LogP contribution in [-0.4, -0.2) is 39.0 Å². The third kappa shape index (κ3) is 11.1. The molecule has 0 amide bonds. The van der Waals surface area contributed by atoms with Gasteiger partial charge in [-0.15, -0.1) is 0 Å². The summed E-state index contributed by atoms with van der Waals surface area (Å²) in [5, 5.41) is 44.4. The highest BCUT2D eigenvalue weighted by molar-refractivity contribution is 6.13. The van der Waals surface area contributed by atoms with E-state index in [1.807, 2.05) is 182 Å². The zero-order valence-electron chi connectivity index (χ0n) is 55.0. The van der Waals surface area contributed by atoms with Crippen molar-refractivity contribution in [3.63, 3.8) is 0 Å². The maximum absolute atomic E-state index is 10.5. The first-order valence-electron chi connectivity index (χ1n) is 33.2. The number of hydrogen-bond donors (Lipinski definition) is 0. The fourth-order valence-electron chi connectivity index (χ4n) is 14.0. The first-order chi connectivity index (χ1) is 51.2. The van der Waals surface area contributed by atoms with Gasteiger partial charge in [-0.25, -0.2) is 39.6 Å². The lowest BCUT2D eigenvalue weighted by Gasteiger charge is -2.16. The molecule has 0 saturated carbocycles. The van der Waals surface area contributed by atoms with Crippen LogP contribution in [-0.2, 0) is 0 Å². The van der Waals surface area contributed by atoms with E-state index in [1.165, 1.54) is 24.3 Å². The molecule has 0 bridgehead atoms. The van der Waals surface area contributed by atoms with Crippen LogP contribution in [0.3, 0.4) is 0 Å². The first-order valence-corrected chi connectivity index (χ1v) is 33.2. The second kappa shape index (κ2) is 26.0. The third-order valence-electron chi connectivity index (χ3n) is 18.7.